The van der Waals surface area contributed by atoms with Crippen molar-refractivity contribution in [3.63, 3.8) is 0 Å². The van der Waals surface area contributed by atoms with Crippen molar-refractivity contribution in [1.82, 2.24) is 0 Å². The van der Waals surface area contributed by atoms with Crippen molar-refractivity contribution in [1.29, 1.82) is 5.26 Å². The largest absolute Gasteiger partial charge is 0.455 e. The molecule has 2 rings (SSSR count). The van der Waals surface area contributed by atoms with E-state index in [0.29, 0.717) is 21.0 Å². The van der Waals surface area contributed by atoms with Crippen LogP contribution in [0.3, 0.4) is 0 Å². The van der Waals surface area contributed by atoms with Gasteiger partial charge in [0.15, 0.2) is 0 Å². The van der Waals surface area contributed by atoms with Gasteiger partial charge in [-0.25, -0.2) is 4.39 Å². The second-order valence-electron chi connectivity index (χ2n) is 3.40. The maximum atomic E-state index is 12.9. The SMILES string of the molecule is N#Cc1c(Cl)cccc1Oc1ccc(F)cc1Br. The monoisotopic (exact) mass is 325 g/mol. The number of hydrogen-bond acceptors (Lipinski definition) is 2. The maximum absolute atomic E-state index is 12.9. The fourth-order valence-electron chi connectivity index (χ4n) is 1.37. The Hall–Kier alpha value is -1.57. The lowest BCUT2D eigenvalue weighted by atomic mass is 10.2. The van der Waals surface area contributed by atoms with Crippen molar-refractivity contribution in [2.24, 2.45) is 0 Å². The van der Waals surface area contributed by atoms with Gasteiger partial charge in [0.25, 0.3) is 0 Å². The molecule has 2 aromatic carbocycles. The lowest BCUT2D eigenvalue weighted by Gasteiger charge is -2.09. The Morgan fingerprint density at radius 2 is 2.00 bits per heavy atom. The van der Waals surface area contributed by atoms with Crippen molar-refractivity contribution < 1.29 is 9.13 Å². The number of nitriles is 1. The van der Waals surface area contributed by atoms with Crippen LogP contribution in [0, 0.1) is 17.1 Å². The van der Waals surface area contributed by atoms with E-state index >= 15 is 0 Å². The number of ether oxygens (including phenoxy) is 1. The molecule has 0 aromatic heterocycles. The molecular weight excluding hydrogens is 321 g/mol. The summed E-state index contributed by atoms with van der Waals surface area (Å²) in [7, 11) is 0. The number of benzene rings is 2. The molecule has 0 aliphatic rings. The standard InChI is InChI=1S/C13H6BrClFNO/c14-10-6-8(16)4-5-13(10)18-12-3-1-2-11(15)9(12)7-17/h1-6H. The summed E-state index contributed by atoms with van der Waals surface area (Å²) < 4.78 is 18.9. The van der Waals surface area contributed by atoms with Crippen LogP contribution in [0.5, 0.6) is 11.5 Å². The molecule has 0 N–H and O–H groups in total. The Labute approximate surface area is 117 Å². The van der Waals surface area contributed by atoms with Crippen LogP contribution in [0.1, 0.15) is 5.56 Å². The zero-order valence-electron chi connectivity index (χ0n) is 8.95. The van der Waals surface area contributed by atoms with Gasteiger partial charge in [-0.2, -0.15) is 5.26 Å². The van der Waals surface area contributed by atoms with Crippen LogP contribution in [-0.2, 0) is 0 Å². The minimum Gasteiger partial charge on any atom is -0.455 e. The molecule has 5 heteroatoms. The fraction of sp³-hybridized carbons (Fsp3) is 0. The molecule has 0 unspecified atom stereocenters. The summed E-state index contributed by atoms with van der Waals surface area (Å²) >= 11 is 9.08. The summed E-state index contributed by atoms with van der Waals surface area (Å²) in [6, 6.07) is 10.9. The highest BCUT2D eigenvalue weighted by molar-refractivity contribution is 9.10. The summed E-state index contributed by atoms with van der Waals surface area (Å²) in [5.74, 6) is 0.369. The van der Waals surface area contributed by atoms with Gasteiger partial charge in [0.2, 0.25) is 0 Å². The molecule has 2 aromatic rings. The maximum Gasteiger partial charge on any atom is 0.146 e. The van der Waals surface area contributed by atoms with E-state index in [0.717, 1.165) is 0 Å². The van der Waals surface area contributed by atoms with Crippen LogP contribution in [0.4, 0.5) is 4.39 Å². The van der Waals surface area contributed by atoms with Crippen LogP contribution in [-0.4, -0.2) is 0 Å². The molecule has 0 aliphatic carbocycles. The lowest BCUT2D eigenvalue weighted by Crippen LogP contribution is -1.90. The zero-order chi connectivity index (χ0) is 13.1. The molecule has 90 valence electrons. The fourth-order valence-corrected chi connectivity index (χ4v) is 2.01. The molecule has 2 nitrogen and oxygen atoms in total. The molecular formula is C13H6BrClFNO. The predicted molar refractivity (Wildman–Crippen MR) is 70.3 cm³/mol. The molecule has 0 amide bonds. The Balaban J connectivity index is 2.41. The predicted octanol–water partition coefficient (Wildman–Crippen LogP) is 4.91. The molecule has 0 spiro atoms. The van der Waals surface area contributed by atoms with Gasteiger partial charge in [-0.1, -0.05) is 17.7 Å². The van der Waals surface area contributed by atoms with Gasteiger partial charge in [0.05, 0.1) is 9.50 Å². The molecule has 0 fully saturated rings. The second kappa shape index (κ2) is 5.38. The number of nitrogens with zero attached hydrogens (tertiary/aromatic N) is 1. The quantitative estimate of drug-likeness (QED) is 0.786. The Morgan fingerprint density at radius 1 is 1.22 bits per heavy atom. The van der Waals surface area contributed by atoms with Gasteiger partial charge in [-0.3, -0.25) is 0 Å². The first-order valence-corrected chi connectivity index (χ1v) is 6.10. The average molecular weight is 327 g/mol. The highest BCUT2D eigenvalue weighted by atomic mass is 79.9. The average Bonchev–Trinajstić information content (AvgIpc) is 2.33. The second-order valence-corrected chi connectivity index (χ2v) is 4.66. The first-order valence-electron chi connectivity index (χ1n) is 4.93. The summed E-state index contributed by atoms with van der Waals surface area (Å²) in [6.45, 7) is 0. The van der Waals surface area contributed by atoms with Gasteiger partial charge in [0, 0.05) is 0 Å². The van der Waals surface area contributed by atoms with Crippen LogP contribution in [0.2, 0.25) is 5.02 Å². The van der Waals surface area contributed by atoms with Crippen molar-refractivity contribution in [2.45, 2.75) is 0 Å². The third kappa shape index (κ3) is 2.63. The van der Waals surface area contributed by atoms with E-state index in [9.17, 15) is 4.39 Å². The molecule has 0 atom stereocenters. The highest BCUT2D eigenvalue weighted by Crippen LogP contribution is 2.33. The number of halogens is 3. The molecule has 0 aliphatic heterocycles. The van der Waals surface area contributed by atoms with Crippen molar-refractivity contribution >= 4 is 27.5 Å². The van der Waals surface area contributed by atoms with Crippen LogP contribution < -0.4 is 4.74 Å². The molecule has 0 saturated carbocycles. The zero-order valence-corrected chi connectivity index (χ0v) is 11.3. The van der Waals surface area contributed by atoms with Crippen molar-refractivity contribution in [3.8, 4) is 17.6 Å². The Bertz CT molecular complexity index is 639. The lowest BCUT2D eigenvalue weighted by molar-refractivity contribution is 0.476. The molecule has 18 heavy (non-hydrogen) atoms. The minimum absolute atomic E-state index is 0.246. The van der Waals surface area contributed by atoms with Crippen LogP contribution in [0.15, 0.2) is 40.9 Å². The van der Waals surface area contributed by atoms with E-state index < -0.39 is 0 Å². The molecule has 0 bridgehead atoms. The van der Waals surface area contributed by atoms with Crippen molar-refractivity contribution in [2.75, 3.05) is 0 Å². The smallest absolute Gasteiger partial charge is 0.146 e. The Morgan fingerprint density at radius 3 is 2.67 bits per heavy atom. The number of hydrogen-bond donors (Lipinski definition) is 0. The Kier molecular flexibility index (Phi) is 3.85. The molecule has 0 heterocycles. The summed E-state index contributed by atoms with van der Waals surface area (Å²) in [6.07, 6.45) is 0. The van der Waals surface area contributed by atoms with Gasteiger partial charge in [-0.05, 0) is 46.3 Å². The first kappa shape index (κ1) is 12.9. The van der Waals surface area contributed by atoms with E-state index in [2.05, 4.69) is 15.9 Å². The van der Waals surface area contributed by atoms with E-state index in [-0.39, 0.29) is 11.4 Å². The minimum atomic E-state index is -0.374. The van der Waals surface area contributed by atoms with E-state index in [4.69, 9.17) is 21.6 Å². The van der Waals surface area contributed by atoms with E-state index in [1.54, 1.807) is 18.2 Å². The summed E-state index contributed by atoms with van der Waals surface area (Å²) in [4.78, 5) is 0. The molecule has 0 saturated heterocycles. The molecule has 0 radical (unpaired) electrons. The van der Waals surface area contributed by atoms with Gasteiger partial charge in [-0.15, -0.1) is 0 Å². The topological polar surface area (TPSA) is 33.0 Å². The third-order valence-corrected chi connectivity index (χ3v) is 3.14. The first-order chi connectivity index (χ1) is 8.61. The summed E-state index contributed by atoms with van der Waals surface area (Å²) in [5, 5.41) is 9.32. The van der Waals surface area contributed by atoms with Gasteiger partial charge in [0.1, 0.15) is 28.9 Å². The third-order valence-electron chi connectivity index (χ3n) is 2.20. The summed E-state index contributed by atoms with van der Waals surface area (Å²) in [5.41, 5.74) is 0.246. The number of rotatable bonds is 2. The normalized spacial score (nSPS) is 9.89. The van der Waals surface area contributed by atoms with Crippen LogP contribution in [0.25, 0.3) is 0 Å². The van der Waals surface area contributed by atoms with Gasteiger partial charge < -0.3 is 4.74 Å². The van der Waals surface area contributed by atoms with E-state index in [1.165, 1.54) is 18.2 Å². The highest BCUT2D eigenvalue weighted by Gasteiger charge is 2.10. The van der Waals surface area contributed by atoms with Crippen molar-refractivity contribution in [3.05, 3.63) is 57.3 Å². The van der Waals surface area contributed by atoms with Crippen LogP contribution >= 0.6 is 27.5 Å². The van der Waals surface area contributed by atoms with Gasteiger partial charge >= 0.3 is 0 Å². The van der Waals surface area contributed by atoms with E-state index in [1.807, 2.05) is 6.07 Å².